The Kier molecular flexibility index (Phi) is 2.15. The van der Waals surface area contributed by atoms with E-state index in [1.165, 1.54) is 17.4 Å². The van der Waals surface area contributed by atoms with Crippen molar-refractivity contribution in [1.82, 2.24) is 14.4 Å². The van der Waals surface area contributed by atoms with Crippen LogP contribution in [-0.4, -0.2) is 14.4 Å². The molecule has 0 bridgehead atoms. The molecule has 0 spiro atoms. The number of benzene rings is 1. The number of rotatable bonds is 2. The van der Waals surface area contributed by atoms with Crippen molar-refractivity contribution in [2.24, 2.45) is 0 Å². The molecule has 0 aliphatic rings. The van der Waals surface area contributed by atoms with Gasteiger partial charge in [-0.15, -0.1) is 0 Å². The Balaban J connectivity index is 2.10. The van der Waals surface area contributed by atoms with E-state index < -0.39 is 0 Å². The zero-order chi connectivity index (χ0) is 12.8. The van der Waals surface area contributed by atoms with Gasteiger partial charge < -0.3 is 4.98 Å². The quantitative estimate of drug-likeness (QED) is 0.574. The summed E-state index contributed by atoms with van der Waals surface area (Å²) in [6, 6.07) is 12.7. The molecule has 0 saturated carbocycles. The van der Waals surface area contributed by atoms with Gasteiger partial charge in [-0.25, -0.2) is 4.98 Å². The number of pyridine rings is 1. The van der Waals surface area contributed by atoms with Gasteiger partial charge in [0.2, 0.25) is 0 Å². The Labute approximate surface area is 110 Å². The van der Waals surface area contributed by atoms with Crippen LogP contribution in [0.25, 0.3) is 27.7 Å². The van der Waals surface area contributed by atoms with Gasteiger partial charge in [0, 0.05) is 17.1 Å². The van der Waals surface area contributed by atoms with Crippen LogP contribution in [0, 0.1) is 0 Å². The lowest BCUT2D eigenvalue weighted by Crippen LogP contribution is -1.84. The zero-order valence-corrected chi connectivity index (χ0v) is 10.9. The van der Waals surface area contributed by atoms with Crippen molar-refractivity contribution < 1.29 is 0 Å². The van der Waals surface area contributed by atoms with Crippen LogP contribution in [0.15, 0.2) is 42.6 Å². The van der Waals surface area contributed by atoms with Gasteiger partial charge in [-0.05, 0) is 36.2 Å². The second-order valence-electron chi connectivity index (χ2n) is 4.99. The molecule has 0 atom stereocenters. The number of imidazole rings is 1. The highest BCUT2D eigenvalue weighted by Gasteiger charge is 2.10. The van der Waals surface area contributed by atoms with E-state index in [9.17, 15) is 0 Å². The summed E-state index contributed by atoms with van der Waals surface area (Å²) in [5.74, 6) is 0. The number of nitrogens with one attached hydrogen (secondary N) is 1. The first kappa shape index (κ1) is 10.6. The zero-order valence-electron chi connectivity index (χ0n) is 10.9. The molecular weight excluding hydrogens is 234 g/mol. The number of hydrogen-bond donors (Lipinski definition) is 1. The molecule has 0 unspecified atom stereocenters. The van der Waals surface area contributed by atoms with Crippen LogP contribution in [0.5, 0.6) is 0 Å². The molecule has 3 nitrogen and oxygen atoms in total. The molecule has 1 N–H and O–H groups in total. The summed E-state index contributed by atoms with van der Waals surface area (Å²) in [7, 11) is 0. The van der Waals surface area contributed by atoms with Crippen LogP contribution in [0.1, 0.15) is 18.9 Å². The fourth-order valence-corrected chi connectivity index (χ4v) is 2.77. The number of fused-ring (bicyclic) bond motifs is 5. The molecule has 19 heavy (non-hydrogen) atoms. The van der Waals surface area contributed by atoms with Crippen LogP contribution in [-0.2, 0) is 6.42 Å². The smallest absolute Gasteiger partial charge is 0.143 e. The maximum absolute atomic E-state index is 4.74. The van der Waals surface area contributed by atoms with E-state index in [1.54, 1.807) is 0 Å². The highest BCUT2D eigenvalue weighted by atomic mass is 15.1. The number of aryl methyl sites for hydroxylation is 1. The van der Waals surface area contributed by atoms with Crippen LogP contribution < -0.4 is 0 Å². The minimum absolute atomic E-state index is 0.992. The Morgan fingerprint density at radius 2 is 2.16 bits per heavy atom. The fourth-order valence-electron chi connectivity index (χ4n) is 2.77. The highest BCUT2D eigenvalue weighted by molar-refractivity contribution is 6.05. The summed E-state index contributed by atoms with van der Waals surface area (Å²) in [6.45, 7) is 2.21. The van der Waals surface area contributed by atoms with Gasteiger partial charge >= 0.3 is 0 Å². The molecule has 0 amide bonds. The van der Waals surface area contributed by atoms with E-state index in [0.29, 0.717) is 0 Å². The number of aromatic nitrogens is 3. The minimum Gasteiger partial charge on any atom is -0.339 e. The Bertz CT molecular complexity index is 883. The number of aromatic amines is 1. The molecule has 4 rings (SSSR count). The summed E-state index contributed by atoms with van der Waals surface area (Å²) in [4.78, 5) is 8.21. The molecule has 0 aliphatic carbocycles. The van der Waals surface area contributed by atoms with Crippen LogP contribution in [0.4, 0.5) is 0 Å². The molecule has 0 saturated heterocycles. The topological polar surface area (TPSA) is 33.1 Å². The highest BCUT2D eigenvalue weighted by Crippen LogP contribution is 2.26. The van der Waals surface area contributed by atoms with Gasteiger partial charge in [0.15, 0.2) is 0 Å². The van der Waals surface area contributed by atoms with Crippen molar-refractivity contribution in [2.75, 3.05) is 0 Å². The molecule has 1 aromatic carbocycles. The molecule has 0 fully saturated rings. The van der Waals surface area contributed by atoms with Crippen molar-refractivity contribution >= 4 is 27.7 Å². The van der Waals surface area contributed by atoms with Crippen LogP contribution in [0.3, 0.4) is 0 Å². The van der Waals surface area contributed by atoms with Gasteiger partial charge in [0.05, 0.1) is 0 Å². The third-order valence-electron chi connectivity index (χ3n) is 3.66. The van der Waals surface area contributed by atoms with Gasteiger partial charge in [-0.3, -0.25) is 4.40 Å². The largest absolute Gasteiger partial charge is 0.339 e. The van der Waals surface area contributed by atoms with Crippen LogP contribution in [0.2, 0.25) is 0 Å². The molecule has 3 heterocycles. The molecule has 3 heteroatoms. The van der Waals surface area contributed by atoms with Crippen molar-refractivity contribution in [1.29, 1.82) is 0 Å². The second kappa shape index (κ2) is 3.85. The minimum atomic E-state index is 0.992. The molecule has 0 radical (unpaired) electrons. The fraction of sp³-hybridized carbons (Fsp3) is 0.188. The number of hydrogen-bond acceptors (Lipinski definition) is 1. The van der Waals surface area contributed by atoms with Crippen molar-refractivity contribution in [3.8, 4) is 0 Å². The Morgan fingerprint density at radius 1 is 1.21 bits per heavy atom. The lowest BCUT2D eigenvalue weighted by atomic mass is 10.1. The maximum atomic E-state index is 4.74. The van der Waals surface area contributed by atoms with Gasteiger partial charge in [0.25, 0.3) is 0 Å². The van der Waals surface area contributed by atoms with E-state index in [2.05, 4.69) is 34.5 Å². The normalized spacial score (nSPS) is 11.8. The maximum Gasteiger partial charge on any atom is 0.143 e. The van der Waals surface area contributed by atoms with Crippen molar-refractivity contribution in [2.45, 2.75) is 19.8 Å². The predicted molar refractivity (Wildman–Crippen MR) is 78.5 cm³/mol. The second-order valence-corrected chi connectivity index (χ2v) is 4.99. The van der Waals surface area contributed by atoms with Gasteiger partial charge in [0.1, 0.15) is 16.8 Å². The van der Waals surface area contributed by atoms with Gasteiger partial charge in [-0.1, -0.05) is 25.5 Å². The summed E-state index contributed by atoms with van der Waals surface area (Å²) < 4.78 is 2.11. The summed E-state index contributed by atoms with van der Waals surface area (Å²) in [5, 5.41) is 1.23. The third-order valence-corrected chi connectivity index (χ3v) is 3.66. The first-order valence-electron chi connectivity index (χ1n) is 6.74. The molecule has 4 aromatic rings. The standard InChI is InChI=1S/C16H15N3/c1-2-5-11-7-8-13-12(10-11)15-16(17-13)19-9-4-3-6-14(19)18-15/h3-4,6-10,17H,2,5H2,1H3. The summed E-state index contributed by atoms with van der Waals surface area (Å²) in [6.07, 6.45) is 4.34. The lowest BCUT2D eigenvalue weighted by Gasteiger charge is -1.98. The molecular formula is C16H15N3. The SMILES string of the molecule is CCCc1ccc2[nH]c3c(nc4ccccn43)c2c1. The average Bonchev–Trinajstić information content (AvgIpc) is 2.95. The van der Waals surface area contributed by atoms with E-state index in [4.69, 9.17) is 4.98 Å². The number of nitrogens with zero attached hydrogens (tertiary/aromatic N) is 2. The van der Waals surface area contributed by atoms with E-state index in [1.807, 2.05) is 24.4 Å². The van der Waals surface area contributed by atoms with Crippen molar-refractivity contribution in [3.63, 3.8) is 0 Å². The molecule has 3 aromatic heterocycles. The molecule has 0 aliphatic heterocycles. The predicted octanol–water partition coefficient (Wildman–Crippen LogP) is 3.92. The molecule has 94 valence electrons. The average molecular weight is 249 g/mol. The van der Waals surface area contributed by atoms with E-state index >= 15 is 0 Å². The first-order valence-corrected chi connectivity index (χ1v) is 6.74. The summed E-state index contributed by atoms with van der Waals surface area (Å²) >= 11 is 0. The van der Waals surface area contributed by atoms with E-state index in [0.717, 1.165) is 28.7 Å². The number of H-pyrrole nitrogens is 1. The lowest BCUT2D eigenvalue weighted by molar-refractivity contribution is 0.924. The Hall–Kier alpha value is -2.29. The van der Waals surface area contributed by atoms with Crippen molar-refractivity contribution in [3.05, 3.63) is 48.2 Å². The van der Waals surface area contributed by atoms with Crippen LogP contribution >= 0.6 is 0 Å². The monoisotopic (exact) mass is 249 g/mol. The Morgan fingerprint density at radius 3 is 3.05 bits per heavy atom. The van der Waals surface area contributed by atoms with Gasteiger partial charge in [-0.2, -0.15) is 0 Å². The summed E-state index contributed by atoms with van der Waals surface area (Å²) in [5.41, 5.74) is 5.69. The third kappa shape index (κ3) is 1.48. The van der Waals surface area contributed by atoms with E-state index in [-0.39, 0.29) is 0 Å². The first-order chi connectivity index (χ1) is 9.36.